The number of anilines is 1. The van der Waals surface area contributed by atoms with Crippen molar-refractivity contribution in [2.45, 2.75) is 19.3 Å². The van der Waals surface area contributed by atoms with Gasteiger partial charge in [0.2, 0.25) is 0 Å². The summed E-state index contributed by atoms with van der Waals surface area (Å²) in [5, 5.41) is 15.4. The van der Waals surface area contributed by atoms with Crippen LogP contribution in [0.1, 0.15) is 29.6 Å². The van der Waals surface area contributed by atoms with Crippen molar-refractivity contribution in [1.82, 2.24) is 4.98 Å². The molecule has 1 aliphatic rings. The molecule has 1 aromatic heterocycles. The lowest BCUT2D eigenvalue weighted by Crippen LogP contribution is -2.29. The molecular weight excluding hydrogens is 288 g/mol. The number of nitrogens with zero attached hydrogens (tertiary/aromatic N) is 2. The predicted molar refractivity (Wildman–Crippen MR) is 89.6 cm³/mol. The second-order valence-corrected chi connectivity index (χ2v) is 6.09. The Kier molecular flexibility index (Phi) is 3.37. The van der Waals surface area contributed by atoms with Gasteiger partial charge in [-0.25, -0.2) is 0 Å². The van der Waals surface area contributed by atoms with Crippen LogP contribution in [0.4, 0.5) is 5.69 Å². The summed E-state index contributed by atoms with van der Waals surface area (Å²) in [7, 11) is 0. The first-order chi connectivity index (χ1) is 11.2. The number of benzene rings is 2. The van der Waals surface area contributed by atoms with Crippen LogP contribution in [0.2, 0.25) is 0 Å². The Morgan fingerprint density at radius 2 is 1.83 bits per heavy atom. The Morgan fingerprint density at radius 3 is 2.61 bits per heavy atom. The maximum atomic E-state index is 11.2. The second-order valence-electron chi connectivity index (χ2n) is 6.09. The highest BCUT2D eigenvalue weighted by atomic mass is 16.4. The number of hydrogen-bond donors (Lipinski definition) is 0. The van der Waals surface area contributed by atoms with Crippen LogP contribution in [-0.2, 0) is 0 Å². The van der Waals surface area contributed by atoms with Crippen LogP contribution in [0.25, 0.3) is 21.5 Å². The van der Waals surface area contributed by atoms with Gasteiger partial charge in [0.25, 0.3) is 0 Å². The fourth-order valence-electron chi connectivity index (χ4n) is 3.51. The molecule has 0 unspecified atom stereocenters. The Morgan fingerprint density at radius 1 is 1.00 bits per heavy atom. The Labute approximate surface area is 134 Å². The fourth-order valence-corrected chi connectivity index (χ4v) is 3.51. The molecule has 2 aromatic carbocycles. The lowest BCUT2D eigenvalue weighted by molar-refractivity contribution is -0.255. The molecule has 1 aliphatic heterocycles. The van der Waals surface area contributed by atoms with Crippen molar-refractivity contribution in [1.29, 1.82) is 0 Å². The molecule has 0 atom stereocenters. The largest absolute Gasteiger partial charge is 0.545 e. The highest BCUT2D eigenvalue weighted by Gasteiger charge is 2.15. The van der Waals surface area contributed by atoms with Crippen LogP contribution in [0.15, 0.2) is 42.7 Å². The van der Waals surface area contributed by atoms with Crippen molar-refractivity contribution < 1.29 is 9.90 Å². The summed E-state index contributed by atoms with van der Waals surface area (Å²) in [5.41, 5.74) is 1.38. The van der Waals surface area contributed by atoms with E-state index in [9.17, 15) is 9.90 Å². The number of pyridine rings is 1. The van der Waals surface area contributed by atoms with Gasteiger partial charge in [-0.1, -0.05) is 12.1 Å². The summed E-state index contributed by atoms with van der Waals surface area (Å²) in [4.78, 5) is 17.8. The van der Waals surface area contributed by atoms with Crippen molar-refractivity contribution in [3.63, 3.8) is 0 Å². The van der Waals surface area contributed by atoms with Gasteiger partial charge in [0.1, 0.15) is 0 Å². The van der Waals surface area contributed by atoms with E-state index in [4.69, 9.17) is 0 Å². The number of piperidine rings is 1. The second kappa shape index (κ2) is 5.54. The van der Waals surface area contributed by atoms with Gasteiger partial charge in [0, 0.05) is 41.9 Å². The highest BCUT2D eigenvalue weighted by Crippen LogP contribution is 2.35. The number of carbonyl (C=O) groups excluding carboxylic acids is 1. The van der Waals surface area contributed by atoms with Crippen molar-refractivity contribution in [2.75, 3.05) is 18.0 Å². The van der Waals surface area contributed by atoms with Gasteiger partial charge < -0.3 is 14.8 Å². The third-order valence-corrected chi connectivity index (χ3v) is 4.66. The average Bonchev–Trinajstić information content (AvgIpc) is 2.61. The van der Waals surface area contributed by atoms with Crippen LogP contribution < -0.4 is 10.0 Å². The minimum absolute atomic E-state index is 0.213. The van der Waals surface area contributed by atoms with Crippen molar-refractivity contribution in [3.8, 4) is 0 Å². The molecule has 4 heteroatoms. The summed E-state index contributed by atoms with van der Waals surface area (Å²) in [6, 6.07) is 9.31. The first-order valence-electron chi connectivity index (χ1n) is 8.01. The van der Waals surface area contributed by atoms with Crippen molar-refractivity contribution in [2.24, 2.45) is 0 Å². The van der Waals surface area contributed by atoms with Crippen LogP contribution in [-0.4, -0.2) is 24.0 Å². The molecule has 0 aliphatic carbocycles. The van der Waals surface area contributed by atoms with E-state index >= 15 is 0 Å². The maximum absolute atomic E-state index is 11.2. The van der Waals surface area contributed by atoms with Gasteiger partial charge in [0.15, 0.2) is 0 Å². The number of rotatable bonds is 2. The first-order valence-corrected chi connectivity index (χ1v) is 8.01. The molecule has 4 nitrogen and oxygen atoms in total. The molecule has 116 valence electrons. The molecule has 1 fully saturated rings. The molecule has 3 aromatic rings. The lowest BCUT2D eigenvalue weighted by atomic mass is 9.98. The number of carbonyl (C=O) groups is 1. The third-order valence-electron chi connectivity index (χ3n) is 4.66. The quantitative estimate of drug-likeness (QED) is 0.683. The Bertz CT molecular complexity index is 898. The van der Waals surface area contributed by atoms with E-state index in [1.165, 1.54) is 30.3 Å². The lowest BCUT2D eigenvalue weighted by Gasteiger charge is -2.30. The first kappa shape index (κ1) is 14.0. The van der Waals surface area contributed by atoms with Crippen molar-refractivity contribution >= 4 is 33.2 Å². The molecular formula is C19H17N2O2-. The minimum atomic E-state index is -1.14. The number of hydrogen-bond acceptors (Lipinski definition) is 4. The topological polar surface area (TPSA) is 56.3 Å². The number of carboxylic acids is 1. The average molecular weight is 305 g/mol. The van der Waals surface area contributed by atoms with Crippen LogP contribution >= 0.6 is 0 Å². The molecule has 0 N–H and O–H groups in total. The Hall–Kier alpha value is -2.62. The van der Waals surface area contributed by atoms with Gasteiger partial charge in [-0.2, -0.15) is 0 Å². The molecule has 1 saturated heterocycles. The van der Waals surface area contributed by atoms with E-state index in [0.29, 0.717) is 0 Å². The zero-order chi connectivity index (χ0) is 15.8. The normalized spacial score (nSPS) is 15.2. The summed E-state index contributed by atoms with van der Waals surface area (Å²) in [6.45, 7) is 2.09. The molecule has 0 spiro atoms. The molecule has 0 bridgehead atoms. The van der Waals surface area contributed by atoms with E-state index < -0.39 is 5.97 Å². The Balaban J connectivity index is 2.00. The van der Waals surface area contributed by atoms with E-state index in [0.717, 1.165) is 29.2 Å². The van der Waals surface area contributed by atoms with Crippen LogP contribution in [0.3, 0.4) is 0 Å². The van der Waals surface area contributed by atoms with E-state index in [1.54, 1.807) is 12.1 Å². The van der Waals surface area contributed by atoms with E-state index in [-0.39, 0.29) is 5.56 Å². The zero-order valence-corrected chi connectivity index (χ0v) is 12.8. The standard InChI is InChI=1S/C19H18N2O2/c22-19(23)13-4-5-15-14(10-13)11-18(21-8-2-1-3-9-21)16-6-7-20-12-17(15)16/h4-7,10-12H,1-3,8-9H2,(H,22,23)/p-1. The SMILES string of the molecule is O=C([O-])c1ccc2c(c1)cc(N1CCCCC1)c1ccncc12. The van der Waals surface area contributed by atoms with E-state index in [2.05, 4.69) is 16.0 Å². The molecule has 0 saturated carbocycles. The van der Waals surface area contributed by atoms with Gasteiger partial charge in [-0.15, -0.1) is 0 Å². The number of carboxylic acid groups (broad SMARTS) is 1. The monoisotopic (exact) mass is 305 g/mol. The summed E-state index contributed by atoms with van der Waals surface area (Å²) in [5.74, 6) is -1.14. The van der Waals surface area contributed by atoms with Gasteiger partial charge in [-0.05, 0) is 53.8 Å². The molecule has 0 radical (unpaired) electrons. The van der Waals surface area contributed by atoms with Gasteiger partial charge in [-0.3, -0.25) is 4.98 Å². The highest BCUT2D eigenvalue weighted by molar-refractivity contribution is 6.13. The van der Waals surface area contributed by atoms with Crippen LogP contribution in [0.5, 0.6) is 0 Å². The van der Waals surface area contributed by atoms with Crippen molar-refractivity contribution in [3.05, 3.63) is 48.3 Å². The number of fused-ring (bicyclic) bond motifs is 3. The molecule has 0 amide bonds. The van der Waals surface area contributed by atoms with Crippen LogP contribution in [0, 0.1) is 0 Å². The molecule has 4 rings (SSSR count). The fraction of sp³-hybridized carbons (Fsp3) is 0.263. The van der Waals surface area contributed by atoms with Gasteiger partial charge >= 0.3 is 0 Å². The van der Waals surface area contributed by atoms with E-state index in [1.807, 2.05) is 24.5 Å². The van der Waals surface area contributed by atoms with Gasteiger partial charge in [0.05, 0.1) is 5.97 Å². The molecule has 23 heavy (non-hydrogen) atoms. The third kappa shape index (κ3) is 2.40. The summed E-state index contributed by atoms with van der Waals surface area (Å²) < 4.78 is 0. The zero-order valence-electron chi connectivity index (χ0n) is 12.8. The predicted octanol–water partition coefficient (Wildman–Crippen LogP) is 2.74. The number of aromatic carboxylic acids is 1. The minimum Gasteiger partial charge on any atom is -0.545 e. The number of aromatic nitrogens is 1. The molecule has 2 heterocycles. The smallest absolute Gasteiger partial charge is 0.0715 e. The summed E-state index contributed by atoms with van der Waals surface area (Å²) in [6.07, 6.45) is 7.35. The maximum Gasteiger partial charge on any atom is 0.0715 e. The summed E-state index contributed by atoms with van der Waals surface area (Å²) >= 11 is 0.